The zero-order chi connectivity index (χ0) is 17.5. The minimum atomic E-state index is -4.57. The molecule has 1 N–H and O–H groups in total. The highest BCUT2D eigenvalue weighted by atomic mass is 32.2. The molecule has 0 bridgehead atoms. The monoisotopic (exact) mass is 379 g/mol. The van der Waals surface area contributed by atoms with E-state index in [4.69, 9.17) is 0 Å². The number of thiophene rings is 1. The Labute approximate surface area is 139 Å². The third-order valence-electron chi connectivity index (χ3n) is 3.31. The number of anilines is 1. The first-order valence-corrected chi connectivity index (χ1v) is 9.21. The van der Waals surface area contributed by atoms with Crippen LogP contribution in [0.3, 0.4) is 0 Å². The fourth-order valence-electron chi connectivity index (χ4n) is 2.05. The third kappa shape index (κ3) is 3.96. The molecule has 2 heterocycles. The lowest BCUT2D eigenvalue weighted by Crippen LogP contribution is -2.30. The standard InChI is InChI=1S/C13H12F3N3O3S2/c14-13(15,16)7-19-6-5-10(17-12(19)20)18-24(21,22)11-4-3-9(23-11)8-1-2-8/h3-6,8H,1-2,7H2,(H,17,18,20). The number of sulfonamides is 1. The molecule has 1 aliphatic carbocycles. The van der Waals surface area contributed by atoms with E-state index in [1.54, 1.807) is 6.07 Å². The van der Waals surface area contributed by atoms with Gasteiger partial charge in [0.15, 0.2) is 0 Å². The molecule has 1 fully saturated rings. The lowest BCUT2D eigenvalue weighted by atomic mass is 10.3. The average Bonchev–Trinajstić information content (AvgIpc) is 3.17. The molecule has 0 aromatic carbocycles. The number of nitrogens with zero attached hydrogens (tertiary/aromatic N) is 2. The van der Waals surface area contributed by atoms with Crippen molar-refractivity contribution >= 4 is 27.2 Å². The van der Waals surface area contributed by atoms with Crippen LogP contribution in [0.2, 0.25) is 0 Å². The predicted molar refractivity (Wildman–Crippen MR) is 81.7 cm³/mol. The molecule has 1 saturated carbocycles. The van der Waals surface area contributed by atoms with Crippen molar-refractivity contribution < 1.29 is 21.6 Å². The number of aromatic nitrogens is 2. The molecule has 130 valence electrons. The number of hydrogen-bond donors (Lipinski definition) is 1. The Bertz CT molecular complexity index is 914. The number of nitrogens with one attached hydrogen (secondary N) is 1. The van der Waals surface area contributed by atoms with Gasteiger partial charge in [0, 0.05) is 11.1 Å². The highest BCUT2D eigenvalue weighted by Gasteiger charge is 2.29. The molecule has 1 aliphatic rings. The van der Waals surface area contributed by atoms with E-state index in [0.29, 0.717) is 10.5 Å². The van der Waals surface area contributed by atoms with Crippen molar-refractivity contribution in [2.75, 3.05) is 4.72 Å². The number of halogens is 3. The van der Waals surface area contributed by atoms with Crippen molar-refractivity contribution in [1.82, 2.24) is 9.55 Å². The molecule has 0 amide bonds. The van der Waals surface area contributed by atoms with E-state index in [9.17, 15) is 26.4 Å². The van der Waals surface area contributed by atoms with Gasteiger partial charge < -0.3 is 0 Å². The minimum Gasteiger partial charge on any atom is -0.290 e. The van der Waals surface area contributed by atoms with Crippen molar-refractivity contribution in [2.24, 2.45) is 0 Å². The molecule has 0 atom stereocenters. The average molecular weight is 379 g/mol. The zero-order valence-corrected chi connectivity index (χ0v) is 13.7. The van der Waals surface area contributed by atoms with Crippen LogP contribution < -0.4 is 10.4 Å². The number of rotatable bonds is 5. The lowest BCUT2D eigenvalue weighted by Gasteiger charge is -2.10. The zero-order valence-electron chi connectivity index (χ0n) is 12.1. The van der Waals surface area contributed by atoms with Gasteiger partial charge in [-0.15, -0.1) is 11.3 Å². The summed E-state index contributed by atoms with van der Waals surface area (Å²) in [5.41, 5.74) is -1.18. The highest BCUT2D eigenvalue weighted by Crippen LogP contribution is 2.44. The molecule has 0 saturated heterocycles. The molecular formula is C13H12F3N3O3S2. The van der Waals surface area contributed by atoms with Gasteiger partial charge in [0.25, 0.3) is 10.0 Å². The van der Waals surface area contributed by atoms with Crippen LogP contribution in [0.15, 0.2) is 33.4 Å². The number of alkyl halides is 3. The van der Waals surface area contributed by atoms with E-state index >= 15 is 0 Å². The SMILES string of the molecule is O=c1nc(NS(=O)(=O)c2ccc(C3CC3)s2)ccn1CC(F)(F)F. The summed E-state index contributed by atoms with van der Waals surface area (Å²) in [5, 5.41) is 0. The van der Waals surface area contributed by atoms with Gasteiger partial charge in [-0.3, -0.25) is 9.29 Å². The Morgan fingerprint density at radius 3 is 2.58 bits per heavy atom. The first kappa shape index (κ1) is 17.0. The molecule has 0 unspecified atom stereocenters. The maximum Gasteiger partial charge on any atom is 0.406 e. The molecule has 24 heavy (non-hydrogen) atoms. The maximum atomic E-state index is 12.3. The van der Waals surface area contributed by atoms with Crippen LogP contribution >= 0.6 is 11.3 Å². The molecule has 6 nitrogen and oxygen atoms in total. The van der Waals surface area contributed by atoms with Gasteiger partial charge in [-0.1, -0.05) is 0 Å². The second kappa shape index (κ2) is 5.88. The fraction of sp³-hybridized carbons (Fsp3) is 0.385. The third-order valence-corrected chi connectivity index (χ3v) is 6.40. The van der Waals surface area contributed by atoms with Crippen LogP contribution in [0.4, 0.5) is 19.0 Å². The highest BCUT2D eigenvalue weighted by molar-refractivity contribution is 7.94. The van der Waals surface area contributed by atoms with Crippen LogP contribution in [0, 0.1) is 0 Å². The Morgan fingerprint density at radius 2 is 2.00 bits per heavy atom. The summed E-state index contributed by atoms with van der Waals surface area (Å²) in [6.45, 7) is -1.48. The van der Waals surface area contributed by atoms with Crippen molar-refractivity contribution in [3.8, 4) is 0 Å². The van der Waals surface area contributed by atoms with Crippen LogP contribution in [0.25, 0.3) is 0 Å². The molecule has 11 heteroatoms. The van der Waals surface area contributed by atoms with E-state index in [-0.39, 0.29) is 10.0 Å². The van der Waals surface area contributed by atoms with Crippen LogP contribution in [-0.4, -0.2) is 24.1 Å². The number of hydrogen-bond acceptors (Lipinski definition) is 5. The van der Waals surface area contributed by atoms with E-state index < -0.39 is 28.4 Å². The van der Waals surface area contributed by atoms with E-state index in [1.165, 1.54) is 6.07 Å². The fourth-order valence-corrected chi connectivity index (χ4v) is 4.55. The quantitative estimate of drug-likeness (QED) is 0.866. The largest absolute Gasteiger partial charge is 0.406 e. The molecular weight excluding hydrogens is 367 g/mol. The summed E-state index contributed by atoms with van der Waals surface area (Å²) < 4.78 is 63.9. The van der Waals surface area contributed by atoms with Gasteiger partial charge in [-0.25, -0.2) is 13.2 Å². The van der Waals surface area contributed by atoms with Gasteiger partial charge in [0.1, 0.15) is 16.6 Å². The van der Waals surface area contributed by atoms with Gasteiger partial charge in [-0.2, -0.15) is 18.2 Å². The molecule has 0 aliphatic heterocycles. The summed E-state index contributed by atoms with van der Waals surface area (Å²) in [5.74, 6) is 0.0863. The van der Waals surface area contributed by atoms with Crippen molar-refractivity contribution in [2.45, 2.75) is 35.7 Å². The van der Waals surface area contributed by atoms with Gasteiger partial charge in [0.2, 0.25) is 0 Å². The van der Waals surface area contributed by atoms with E-state index in [2.05, 4.69) is 9.71 Å². The molecule has 0 radical (unpaired) electrons. The van der Waals surface area contributed by atoms with Crippen LogP contribution in [0.1, 0.15) is 23.6 Å². The smallest absolute Gasteiger partial charge is 0.290 e. The van der Waals surface area contributed by atoms with Gasteiger partial charge >= 0.3 is 11.9 Å². The molecule has 3 rings (SSSR count). The normalized spacial score (nSPS) is 15.5. The molecule has 2 aromatic heterocycles. The topological polar surface area (TPSA) is 81.1 Å². The Morgan fingerprint density at radius 1 is 1.29 bits per heavy atom. The summed E-state index contributed by atoms with van der Waals surface area (Å²) in [6.07, 6.45) is -1.65. The summed E-state index contributed by atoms with van der Waals surface area (Å²) in [6, 6.07) is 4.22. The van der Waals surface area contributed by atoms with Crippen molar-refractivity contribution in [1.29, 1.82) is 0 Å². The first-order chi connectivity index (χ1) is 11.1. The Kier molecular flexibility index (Phi) is 4.16. The minimum absolute atomic E-state index is 0.0747. The van der Waals surface area contributed by atoms with E-state index in [1.807, 2.05) is 0 Å². The summed E-state index contributed by atoms with van der Waals surface area (Å²) in [4.78, 5) is 15.9. The van der Waals surface area contributed by atoms with Crippen molar-refractivity contribution in [3.63, 3.8) is 0 Å². The van der Waals surface area contributed by atoms with Crippen LogP contribution in [0.5, 0.6) is 0 Å². The van der Waals surface area contributed by atoms with Gasteiger partial charge in [0.05, 0.1) is 0 Å². The second-order valence-electron chi connectivity index (χ2n) is 5.38. The lowest BCUT2D eigenvalue weighted by molar-refractivity contribution is -0.141. The van der Waals surface area contributed by atoms with E-state index in [0.717, 1.165) is 41.3 Å². The second-order valence-corrected chi connectivity index (χ2v) is 8.40. The van der Waals surface area contributed by atoms with Gasteiger partial charge in [-0.05, 0) is 37.0 Å². The Hall–Kier alpha value is -1.88. The maximum absolute atomic E-state index is 12.3. The van der Waals surface area contributed by atoms with Crippen LogP contribution in [-0.2, 0) is 16.6 Å². The summed E-state index contributed by atoms with van der Waals surface area (Å²) >= 11 is 1.13. The molecule has 0 spiro atoms. The summed E-state index contributed by atoms with van der Waals surface area (Å²) in [7, 11) is -3.93. The first-order valence-electron chi connectivity index (χ1n) is 6.91. The predicted octanol–water partition coefficient (Wildman–Crippen LogP) is 2.55. The van der Waals surface area contributed by atoms with Crippen molar-refractivity contribution in [3.05, 3.63) is 39.8 Å². The molecule has 2 aromatic rings. The Balaban J connectivity index is 1.79.